The molecule has 1 heterocycles. The summed E-state index contributed by atoms with van der Waals surface area (Å²) in [4.78, 5) is 2.67. The summed E-state index contributed by atoms with van der Waals surface area (Å²) in [6, 6.07) is 9.47. The molecule has 3 rings (SSSR count). The van der Waals surface area contributed by atoms with E-state index in [1.807, 2.05) is 6.92 Å². The predicted molar refractivity (Wildman–Crippen MR) is 83.0 cm³/mol. The Hall–Kier alpha value is -0.860. The second-order valence-electron chi connectivity index (χ2n) is 6.68. The van der Waals surface area contributed by atoms with Crippen LogP contribution in [0.25, 0.3) is 0 Å². The fourth-order valence-electron chi connectivity index (χ4n) is 3.95. The molecule has 3 atom stereocenters. The van der Waals surface area contributed by atoms with Crippen molar-refractivity contribution in [1.82, 2.24) is 4.90 Å². The maximum Gasteiger partial charge on any atom is 0.0527 e. The van der Waals surface area contributed by atoms with E-state index in [1.54, 1.807) is 11.1 Å². The van der Waals surface area contributed by atoms with Gasteiger partial charge in [-0.2, -0.15) is 0 Å². The largest absolute Gasteiger partial charge is 0.393 e. The first-order valence-electron chi connectivity index (χ1n) is 8.24. The van der Waals surface area contributed by atoms with Gasteiger partial charge in [-0.3, -0.25) is 4.90 Å². The minimum Gasteiger partial charge on any atom is -0.393 e. The Kier molecular flexibility index (Phi) is 4.42. The molecule has 20 heavy (non-hydrogen) atoms. The number of benzene rings is 1. The quantitative estimate of drug-likeness (QED) is 0.909. The molecule has 0 amide bonds. The van der Waals surface area contributed by atoms with Crippen LogP contribution >= 0.6 is 0 Å². The maximum atomic E-state index is 9.75. The number of rotatable bonds is 4. The van der Waals surface area contributed by atoms with Crippen LogP contribution in [0.15, 0.2) is 24.3 Å². The number of aliphatic hydroxyl groups is 1. The monoisotopic (exact) mass is 273 g/mol. The summed E-state index contributed by atoms with van der Waals surface area (Å²) in [7, 11) is 0. The van der Waals surface area contributed by atoms with Crippen molar-refractivity contribution >= 4 is 0 Å². The molecule has 0 spiro atoms. The normalized spacial score (nSPS) is 28.3. The molecule has 1 N–H and O–H groups in total. The van der Waals surface area contributed by atoms with E-state index in [4.69, 9.17) is 0 Å². The van der Waals surface area contributed by atoms with Crippen molar-refractivity contribution in [2.75, 3.05) is 13.1 Å². The van der Waals surface area contributed by atoms with Gasteiger partial charge in [0.1, 0.15) is 0 Å². The molecule has 0 bridgehead atoms. The zero-order chi connectivity index (χ0) is 13.9. The maximum absolute atomic E-state index is 9.75. The van der Waals surface area contributed by atoms with Crippen molar-refractivity contribution in [3.63, 3.8) is 0 Å². The average molecular weight is 273 g/mol. The minimum absolute atomic E-state index is 0.172. The summed E-state index contributed by atoms with van der Waals surface area (Å²) in [5, 5.41) is 9.75. The van der Waals surface area contributed by atoms with Gasteiger partial charge in [0.25, 0.3) is 0 Å². The van der Waals surface area contributed by atoms with Crippen molar-refractivity contribution in [1.29, 1.82) is 0 Å². The first kappa shape index (κ1) is 14.1. The van der Waals surface area contributed by atoms with E-state index >= 15 is 0 Å². The number of likely N-dealkylation sites (tertiary alicyclic amines) is 1. The number of hydrogen-bond donors (Lipinski definition) is 1. The third-order valence-corrected chi connectivity index (χ3v) is 5.03. The SMILES string of the molecule is CC(O)CC1CCCCCN1CC1Cc2ccccc21. The molecule has 3 unspecified atom stereocenters. The van der Waals surface area contributed by atoms with E-state index in [-0.39, 0.29) is 6.10 Å². The Bertz CT molecular complexity index is 443. The van der Waals surface area contributed by atoms with Gasteiger partial charge in [0.15, 0.2) is 0 Å². The molecule has 1 aliphatic heterocycles. The topological polar surface area (TPSA) is 23.5 Å². The predicted octanol–water partition coefficient (Wildman–Crippen LogP) is 3.34. The summed E-state index contributed by atoms with van der Waals surface area (Å²) >= 11 is 0. The lowest BCUT2D eigenvalue weighted by molar-refractivity contribution is 0.106. The van der Waals surface area contributed by atoms with Gasteiger partial charge in [0, 0.05) is 18.5 Å². The summed E-state index contributed by atoms with van der Waals surface area (Å²) in [6.45, 7) is 4.34. The van der Waals surface area contributed by atoms with Crippen LogP contribution in [-0.4, -0.2) is 35.2 Å². The molecule has 0 radical (unpaired) electrons. The van der Waals surface area contributed by atoms with Crippen molar-refractivity contribution in [2.24, 2.45) is 0 Å². The molecule has 1 aromatic carbocycles. The summed E-state index contributed by atoms with van der Waals surface area (Å²) in [6.07, 6.45) is 7.28. The summed E-state index contributed by atoms with van der Waals surface area (Å²) in [5.74, 6) is 0.723. The Balaban J connectivity index is 1.65. The number of fused-ring (bicyclic) bond motifs is 1. The summed E-state index contributed by atoms with van der Waals surface area (Å²) < 4.78 is 0. The van der Waals surface area contributed by atoms with E-state index in [0.29, 0.717) is 6.04 Å². The first-order valence-corrected chi connectivity index (χ1v) is 8.24. The third-order valence-electron chi connectivity index (χ3n) is 5.03. The first-order chi connectivity index (χ1) is 9.74. The molecule has 1 fully saturated rings. The number of aliphatic hydroxyl groups excluding tert-OH is 1. The molecular weight excluding hydrogens is 246 g/mol. The minimum atomic E-state index is -0.172. The molecule has 1 aromatic rings. The van der Waals surface area contributed by atoms with E-state index < -0.39 is 0 Å². The molecular formula is C18H27NO. The molecule has 0 saturated carbocycles. The van der Waals surface area contributed by atoms with Gasteiger partial charge in [0.2, 0.25) is 0 Å². The molecule has 110 valence electrons. The fraction of sp³-hybridized carbons (Fsp3) is 0.667. The van der Waals surface area contributed by atoms with Crippen LogP contribution in [0, 0.1) is 0 Å². The van der Waals surface area contributed by atoms with E-state index in [2.05, 4.69) is 29.2 Å². The highest BCUT2D eigenvalue weighted by Crippen LogP contribution is 2.36. The molecule has 2 nitrogen and oxygen atoms in total. The van der Waals surface area contributed by atoms with Crippen molar-refractivity contribution in [3.05, 3.63) is 35.4 Å². The lowest BCUT2D eigenvalue weighted by Gasteiger charge is -2.38. The smallest absolute Gasteiger partial charge is 0.0527 e. The van der Waals surface area contributed by atoms with Crippen LogP contribution in [0.4, 0.5) is 0 Å². The average Bonchev–Trinajstić information content (AvgIpc) is 2.61. The van der Waals surface area contributed by atoms with Gasteiger partial charge >= 0.3 is 0 Å². The summed E-state index contributed by atoms with van der Waals surface area (Å²) in [5.41, 5.74) is 3.10. The third kappa shape index (κ3) is 3.07. The standard InChI is InChI=1S/C18H27NO/c1-14(20)11-17-8-3-2-6-10-19(17)13-16-12-15-7-4-5-9-18(15)16/h4-5,7,9,14,16-17,20H,2-3,6,8,10-13H2,1H3. The fourth-order valence-corrected chi connectivity index (χ4v) is 3.95. The molecule has 0 aromatic heterocycles. The lowest BCUT2D eigenvalue weighted by Crippen LogP contribution is -2.41. The highest BCUT2D eigenvalue weighted by Gasteiger charge is 2.30. The van der Waals surface area contributed by atoms with Crippen LogP contribution in [0.1, 0.15) is 56.1 Å². The lowest BCUT2D eigenvalue weighted by atomic mass is 9.77. The van der Waals surface area contributed by atoms with Gasteiger partial charge < -0.3 is 5.11 Å². The second-order valence-corrected chi connectivity index (χ2v) is 6.68. The molecule has 2 heteroatoms. The number of hydrogen-bond acceptors (Lipinski definition) is 2. The van der Waals surface area contributed by atoms with Crippen molar-refractivity contribution < 1.29 is 5.11 Å². The Morgan fingerprint density at radius 2 is 2.10 bits per heavy atom. The van der Waals surface area contributed by atoms with Crippen molar-refractivity contribution in [3.8, 4) is 0 Å². The zero-order valence-corrected chi connectivity index (χ0v) is 12.6. The van der Waals surface area contributed by atoms with Gasteiger partial charge in [-0.05, 0) is 50.3 Å². The van der Waals surface area contributed by atoms with Gasteiger partial charge in [-0.1, -0.05) is 37.1 Å². The van der Waals surface area contributed by atoms with Crippen LogP contribution in [0.2, 0.25) is 0 Å². The van der Waals surface area contributed by atoms with Crippen LogP contribution in [-0.2, 0) is 6.42 Å². The van der Waals surface area contributed by atoms with Gasteiger partial charge in [-0.15, -0.1) is 0 Å². The highest BCUT2D eigenvalue weighted by molar-refractivity contribution is 5.40. The zero-order valence-electron chi connectivity index (χ0n) is 12.6. The highest BCUT2D eigenvalue weighted by atomic mass is 16.3. The van der Waals surface area contributed by atoms with Crippen molar-refractivity contribution in [2.45, 2.75) is 63.5 Å². The van der Waals surface area contributed by atoms with E-state index in [9.17, 15) is 5.11 Å². The second kappa shape index (κ2) is 6.28. The molecule has 2 aliphatic rings. The van der Waals surface area contributed by atoms with Crippen LogP contribution in [0.5, 0.6) is 0 Å². The Morgan fingerprint density at radius 3 is 2.90 bits per heavy atom. The van der Waals surface area contributed by atoms with Crippen LogP contribution < -0.4 is 0 Å². The Labute approximate surface area is 122 Å². The Morgan fingerprint density at radius 1 is 1.25 bits per heavy atom. The van der Waals surface area contributed by atoms with Crippen LogP contribution in [0.3, 0.4) is 0 Å². The molecule has 1 aliphatic carbocycles. The van der Waals surface area contributed by atoms with Gasteiger partial charge in [-0.25, -0.2) is 0 Å². The van der Waals surface area contributed by atoms with E-state index in [1.165, 1.54) is 45.2 Å². The number of nitrogens with zero attached hydrogens (tertiary/aromatic N) is 1. The van der Waals surface area contributed by atoms with Gasteiger partial charge in [0.05, 0.1) is 6.10 Å². The van der Waals surface area contributed by atoms with E-state index in [0.717, 1.165) is 12.3 Å². The molecule has 1 saturated heterocycles.